The average Bonchev–Trinajstić information content (AvgIpc) is 2.70. The predicted molar refractivity (Wildman–Crippen MR) is 86.3 cm³/mol. The van der Waals surface area contributed by atoms with Crippen LogP contribution >= 0.6 is 15.9 Å². The van der Waals surface area contributed by atoms with Crippen LogP contribution in [0, 0.1) is 11.3 Å². The topological polar surface area (TPSA) is 50.8 Å². The van der Waals surface area contributed by atoms with Crippen molar-refractivity contribution in [3.63, 3.8) is 0 Å². The maximum Gasteiger partial charge on any atom is 0.140 e. The molecule has 6 heteroatoms. The van der Waals surface area contributed by atoms with Crippen molar-refractivity contribution in [3.8, 4) is 6.07 Å². The molecule has 1 aromatic carbocycles. The van der Waals surface area contributed by atoms with E-state index in [2.05, 4.69) is 46.7 Å². The molecular formula is C14H18BrN3OSi. The summed E-state index contributed by atoms with van der Waals surface area (Å²) in [7, 11) is -1.06. The van der Waals surface area contributed by atoms with Gasteiger partial charge in [-0.3, -0.25) is 0 Å². The van der Waals surface area contributed by atoms with Gasteiger partial charge in [0, 0.05) is 20.1 Å². The molecule has 2 rings (SSSR count). The molecule has 0 amide bonds. The predicted octanol–water partition coefficient (Wildman–Crippen LogP) is 3.98. The number of aromatic nitrogens is 2. The average molecular weight is 352 g/mol. The maximum absolute atomic E-state index is 8.93. The summed E-state index contributed by atoms with van der Waals surface area (Å²) in [6, 6.07) is 8.83. The minimum Gasteiger partial charge on any atom is -0.360 e. The second kappa shape index (κ2) is 6.08. The molecule has 2 aromatic rings. The first-order valence-electron chi connectivity index (χ1n) is 6.54. The normalized spacial score (nSPS) is 11.8. The van der Waals surface area contributed by atoms with Crippen molar-refractivity contribution in [3.05, 3.63) is 28.4 Å². The summed E-state index contributed by atoms with van der Waals surface area (Å²) in [5.74, 6) is 0. The quantitative estimate of drug-likeness (QED) is 0.604. The van der Waals surface area contributed by atoms with Gasteiger partial charge in [0.1, 0.15) is 11.3 Å². The SMILES string of the molecule is C[Si](C)(C)CCOCn1nc(Br)c2cc(C#N)ccc21. The Morgan fingerprint density at radius 3 is 2.80 bits per heavy atom. The van der Waals surface area contributed by atoms with E-state index in [4.69, 9.17) is 10.00 Å². The van der Waals surface area contributed by atoms with Gasteiger partial charge in [-0.1, -0.05) is 19.6 Å². The molecule has 1 heterocycles. The molecule has 0 N–H and O–H groups in total. The lowest BCUT2D eigenvalue weighted by Gasteiger charge is -2.15. The fourth-order valence-electron chi connectivity index (χ4n) is 1.84. The van der Waals surface area contributed by atoms with Crippen LogP contribution in [0.3, 0.4) is 0 Å². The highest BCUT2D eigenvalue weighted by atomic mass is 79.9. The number of fused-ring (bicyclic) bond motifs is 1. The molecule has 0 bridgehead atoms. The monoisotopic (exact) mass is 351 g/mol. The Balaban J connectivity index is 2.10. The molecule has 0 atom stereocenters. The van der Waals surface area contributed by atoms with Crippen molar-refractivity contribution in [1.82, 2.24) is 9.78 Å². The van der Waals surface area contributed by atoms with E-state index in [0.717, 1.165) is 28.2 Å². The lowest BCUT2D eigenvalue weighted by molar-refractivity contribution is 0.0814. The number of hydrogen-bond donors (Lipinski definition) is 0. The standard InChI is InChI=1S/C14H18BrN3OSi/c1-20(2,3)7-6-19-10-18-13-5-4-11(9-16)8-12(13)14(15)17-18/h4-5,8H,6-7,10H2,1-3H3. The summed E-state index contributed by atoms with van der Waals surface area (Å²) in [6.07, 6.45) is 0. The van der Waals surface area contributed by atoms with Crippen molar-refractivity contribution in [2.45, 2.75) is 32.4 Å². The molecule has 106 valence electrons. The van der Waals surface area contributed by atoms with Crippen molar-refractivity contribution >= 4 is 34.9 Å². The van der Waals surface area contributed by atoms with Crippen molar-refractivity contribution in [1.29, 1.82) is 5.26 Å². The zero-order chi connectivity index (χ0) is 14.8. The Kier molecular flexibility index (Phi) is 4.63. The Morgan fingerprint density at radius 2 is 2.15 bits per heavy atom. The van der Waals surface area contributed by atoms with E-state index < -0.39 is 8.07 Å². The molecule has 0 unspecified atom stereocenters. The van der Waals surface area contributed by atoms with E-state index in [9.17, 15) is 0 Å². The highest BCUT2D eigenvalue weighted by Gasteiger charge is 2.13. The van der Waals surface area contributed by atoms with Crippen LogP contribution in [0.1, 0.15) is 5.56 Å². The number of hydrogen-bond acceptors (Lipinski definition) is 3. The van der Waals surface area contributed by atoms with Gasteiger partial charge in [0.05, 0.1) is 17.1 Å². The third kappa shape index (κ3) is 3.69. The third-order valence-electron chi connectivity index (χ3n) is 3.04. The van der Waals surface area contributed by atoms with E-state index in [1.807, 2.05) is 16.8 Å². The molecule has 0 spiro atoms. The molecule has 0 aliphatic carbocycles. The molecular weight excluding hydrogens is 334 g/mol. The molecule has 0 fully saturated rings. The molecule has 20 heavy (non-hydrogen) atoms. The van der Waals surface area contributed by atoms with Crippen molar-refractivity contribution < 1.29 is 4.74 Å². The van der Waals surface area contributed by atoms with Gasteiger partial charge in [-0.2, -0.15) is 10.4 Å². The minimum absolute atomic E-state index is 0.443. The Hall–Kier alpha value is -1.16. The molecule has 1 aromatic heterocycles. The largest absolute Gasteiger partial charge is 0.360 e. The Bertz CT molecular complexity index is 655. The van der Waals surface area contributed by atoms with Crippen LogP contribution in [0.4, 0.5) is 0 Å². The van der Waals surface area contributed by atoms with Gasteiger partial charge in [0.25, 0.3) is 0 Å². The number of ether oxygens (including phenoxy) is 1. The van der Waals surface area contributed by atoms with Gasteiger partial charge >= 0.3 is 0 Å². The third-order valence-corrected chi connectivity index (χ3v) is 5.33. The van der Waals surface area contributed by atoms with Gasteiger partial charge < -0.3 is 4.74 Å². The van der Waals surface area contributed by atoms with Gasteiger partial charge in [0.15, 0.2) is 0 Å². The zero-order valence-corrected chi connectivity index (χ0v) is 14.6. The summed E-state index contributed by atoms with van der Waals surface area (Å²) in [4.78, 5) is 0. The van der Waals surface area contributed by atoms with Crippen LogP contribution < -0.4 is 0 Å². The van der Waals surface area contributed by atoms with E-state index in [1.54, 1.807) is 6.07 Å². The van der Waals surface area contributed by atoms with Crippen molar-refractivity contribution in [2.75, 3.05) is 6.61 Å². The number of halogens is 1. The highest BCUT2D eigenvalue weighted by Crippen LogP contribution is 2.24. The van der Waals surface area contributed by atoms with Gasteiger partial charge in [-0.05, 0) is 40.2 Å². The fraction of sp³-hybridized carbons (Fsp3) is 0.429. The minimum atomic E-state index is -1.06. The van der Waals surface area contributed by atoms with Crippen LogP contribution in [0.15, 0.2) is 22.8 Å². The second-order valence-electron chi connectivity index (χ2n) is 5.98. The summed E-state index contributed by atoms with van der Waals surface area (Å²) in [6.45, 7) is 8.21. The van der Waals surface area contributed by atoms with Crippen LogP contribution in [0.5, 0.6) is 0 Å². The lowest BCUT2D eigenvalue weighted by Crippen LogP contribution is -2.22. The molecule has 0 saturated heterocycles. The first-order valence-corrected chi connectivity index (χ1v) is 11.0. The number of nitriles is 1. The summed E-state index contributed by atoms with van der Waals surface area (Å²) in [5.41, 5.74) is 1.61. The fourth-order valence-corrected chi connectivity index (χ4v) is 3.10. The van der Waals surface area contributed by atoms with Gasteiger partial charge in [-0.25, -0.2) is 4.68 Å². The number of rotatable bonds is 5. The molecule has 0 saturated carbocycles. The molecule has 4 nitrogen and oxygen atoms in total. The van der Waals surface area contributed by atoms with Gasteiger partial charge in [0.2, 0.25) is 0 Å². The molecule has 0 aliphatic rings. The van der Waals surface area contributed by atoms with Gasteiger partial charge in [-0.15, -0.1) is 0 Å². The van der Waals surface area contributed by atoms with E-state index in [-0.39, 0.29) is 0 Å². The summed E-state index contributed by atoms with van der Waals surface area (Å²) < 4.78 is 8.30. The first kappa shape index (κ1) is 15.2. The Labute approximate surface area is 128 Å². The molecule has 0 radical (unpaired) electrons. The van der Waals surface area contributed by atoms with Crippen LogP contribution in [-0.4, -0.2) is 24.5 Å². The highest BCUT2D eigenvalue weighted by molar-refractivity contribution is 9.10. The maximum atomic E-state index is 8.93. The van der Waals surface area contributed by atoms with Crippen LogP contribution in [-0.2, 0) is 11.5 Å². The van der Waals surface area contributed by atoms with E-state index in [1.165, 1.54) is 0 Å². The molecule has 0 aliphatic heterocycles. The summed E-state index contributed by atoms with van der Waals surface area (Å²) >= 11 is 3.43. The lowest BCUT2D eigenvalue weighted by atomic mass is 10.2. The van der Waals surface area contributed by atoms with Crippen molar-refractivity contribution in [2.24, 2.45) is 0 Å². The smallest absolute Gasteiger partial charge is 0.140 e. The number of benzene rings is 1. The zero-order valence-electron chi connectivity index (χ0n) is 12.0. The van der Waals surface area contributed by atoms with Crippen LogP contribution in [0.2, 0.25) is 25.7 Å². The van der Waals surface area contributed by atoms with Crippen LogP contribution in [0.25, 0.3) is 10.9 Å². The summed E-state index contributed by atoms with van der Waals surface area (Å²) in [5, 5.41) is 14.3. The first-order chi connectivity index (χ1) is 9.40. The number of nitrogens with zero attached hydrogens (tertiary/aromatic N) is 3. The van der Waals surface area contributed by atoms with E-state index in [0.29, 0.717) is 12.3 Å². The Morgan fingerprint density at radius 1 is 1.40 bits per heavy atom. The second-order valence-corrected chi connectivity index (χ2v) is 12.4. The van der Waals surface area contributed by atoms with E-state index >= 15 is 0 Å².